The van der Waals surface area contributed by atoms with Crippen molar-refractivity contribution in [3.63, 3.8) is 0 Å². The van der Waals surface area contributed by atoms with Crippen LogP contribution in [-0.2, 0) is 4.79 Å². The van der Waals surface area contributed by atoms with Gasteiger partial charge in [-0.15, -0.1) is 0 Å². The van der Waals surface area contributed by atoms with E-state index in [0.29, 0.717) is 17.1 Å². The maximum atomic E-state index is 10.4. The van der Waals surface area contributed by atoms with Crippen LogP contribution in [0.5, 0.6) is 11.5 Å². The first-order valence-electron chi connectivity index (χ1n) is 4.41. The number of halogens is 1. The van der Waals surface area contributed by atoms with Crippen molar-refractivity contribution in [2.24, 2.45) is 0 Å². The van der Waals surface area contributed by atoms with Crippen LogP contribution in [0.4, 0.5) is 0 Å². The normalized spacial score (nSPS) is 11.1. The second-order valence-electron chi connectivity index (χ2n) is 2.90. The molecule has 0 aromatic heterocycles. The smallest absolute Gasteiger partial charge is 0.329 e. The quantitative estimate of drug-likeness (QED) is 0.824. The summed E-state index contributed by atoms with van der Waals surface area (Å²) >= 11 is 5.81. The fourth-order valence-corrected chi connectivity index (χ4v) is 1.39. The van der Waals surface area contributed by atoms with Crippen molar-refractivity contribution < 1.29 is 19.4 Å². The molecule has 0 amide bonds. The highest BCUT2D eigenvalue weighted by Crippen LogP contribution is 2.31. The van der Waals surface area contributed by atoms with Crippen LogP contribution in [0.25, 0.3) is 5.03 Å². The molecule has 1 N–H and O–H groups in total. The van der Waals surface area contributed by atoms with E-state index >= 15 is 0 Å². The zero-order chi connectivity index (χ0) is 12.1. The molecular weight excluding hydrogens is 232 g/mol. The van der Waals surface area contributed by atoms with Crippen LogP contribution < -0.4 is 9.47 Å². The van der Waals surface area contributed by atoms with Gasteiger partial charge in [0.05, 0.1) is 19.3 Å². The summed E-state index contributed by atoms with van der Waals surface area (Å²) in [6.45, 7) is 0. The summed E-state index contributed by atoms with van der Waals surface area (Å²) in [5.41, 5.74) is 0.557. The Morgan fingerprint density at radius 2 is 1.94 bits per heavy atom. The lowest BCUT2D eigenvalue weighted by molar-refractivity contribution is -0.131. The van der Waals surface area contributed by atoms with Crippen molar-refractivity contribution in [2.45, 2.75) is 0 Å². The van der Waals surface area contributed by atoms with Gasteiger partial charge >= 0.3 is 5.97 Å². The number of aliphatic carboxylic acids is 1. The third-order valence-electron chi connectivity index (χ3n) is 1.91. The van der Waals surface area contributed by atoms with Gasteiger partial charge in [0.2, 0.25) is 0 Å². The Hall–Kier alpha value is -1.68. The predicted molar refractivity (Wildman–Crippen MR) is 61.0 cm³/mol. The standard InChI is InChI=1S/C11H11ClO4/c1-15-9-4-3-7(5-10(9)16-2)8(12)6-11(13)14/h3-6H,1-2H3,(H,13,14)/b8-6-. The summed E-state index contributed by atoms with van der Waals surface area (Å²) in [7, 11) is 3.02. The van der Waals surface area contributed by atoms with E-state index in [1.165, 1.54) is 14.2 Å². The molecule has 0 aliphatic rings. The van der Waals surface area contributed by atoms with Gasteiger partial charge in [0, 0.05) is 6.08 Å². The zero-order valence-corrected chi connectivity index (χ0v) is 9.62. The van der Waals surface area contributed by atoms with Crippen molar-refractivity contribution >= 4 is 22.6 Å². The van der Waals surface area contributed by atoms with Crippen molar-refractivity contribution in [2.75, 3.05) is 14.2 Å². The lowest BCUT2D eigenvalue weighted by atomic mass is 10.2. The number of benzene rings is 1. The van der Waals surface area contributed by atoms with E-state index in [-0.39, 0.29) is 5.03 Å². The van der Waals surface area contributed by atoms with Gasteiger partial charge in [-0.1, -0.05) is 11.6 Å². The van der Waals surface area contributed by atoms with Gasteiger partial charge in [0.15, 0.2) is 11.5 Å². The molecule has 0 bridgehead atoms. The van der Waals surface area contributed by atoms with E-state index < -0.39 is 5.97 Å². The molecule has 0 radical (unpaired) electrons. The van der Waals surface area contributed by atoms with Gasteiger partial charge < -0.3 is 14.6 Å². The Morgan fingerprint density at radius 3 is 2.44 bits per heavy atom. The second-order valence-corrected chi connectivity index (χ2v) is 3.31. The number of rotatable bonds is 4. The number of methoxy groups -OCH3 is 2. The molecule has 0 unspecified atom stereocenters. The molecule has 0 saturated carbocycles. The van der Waals surface area contributed by atoms with Crippen molar-refractivity contribution in [3.05, 3.63) is 29.8 Å². The molecule has 0 heterocycles. The van der Waals surface area contributed by atoms with E-state index in [0.717, 1.165) is 6.08 Å². The lowest BCUT2D eigenvalue weighted by Crippen LogP contribution is -1.92. The number of hydrogen-bond donors (Lipinski definition) is 1. The predicted octanol–water partition coefficient (Wildman–Crippen LogP) is 2.37. The molecule has 0 aliphatic carbocycles. The minimum Gasteiger partial charge on any atom is -0.493 e. The van der Waals surface area contributed by atoms with Crippen LogP contribution in [-0.4, -0.2) is 25.3 Å². The number of ether oxygens (including phenoxy) is 2. The zero-order valence-electron chi connectivity index (χ0n) is 8.86. The lowest BCUT2D eigenvalue weighted by Gasteiger charge is -2.08. The first-order valence-corrected chi connectivity index (χ1v) is 4.78. The fraction of sp³-hybridized carbons (Fsp3) is 0.182. The summed E-state index contributed by atoms with van der Waals surface area (Å²) in [6.07, 6.45) is 0.919. The van der Waals surface area contributed by atoms with Gasteiger partial charge in [-0.25, -0.2) is 4.79 Å². The van der Waals surface area contributed by atoms with E-state index in [1.807, 2.05) is 0 Å². The molecule has 1 rings (SSSR count). The summed E-state index contributed by atoms with van der Waals surface area (Å²) in [6, 6.07) is 4.93. The second kappa shape index (κ2) is 5.42. The summed E-state index contributed by atoms with van der Waals surface area (Å²) in [5.74, 6) is -0.0391. The van der Waals surface area contributed by atoms with E-state index in [4.69, 9.17) is 26.2 Å². The summed E-state index contributed by atoms with van der Waals surface area (Å²) < 4.78 is 10.1. The SMILES string of the molecule is COc1ccc(/C(Cl)=C/C(=O)O)cc1OC. The minimum atomic E-state index is -1.10. The first kappa shape index (κ1) is 12.4. The maximum absolute atomic E-state index is 10.4. The van der Waals surface area contributed by atoms with Crippen LogP contribution in [0.1, 0.15) is 5.56 Å². The third kappa shape index (κ3) is 2.90. The Bertz CT molecular complexity index is 426. The van der Waals surface area contributed by atoms with Gasteiger partial charge in [-0.05, 0) is 23.8 Å². The summed E-state index contributed by atoms with van der Waals surface area (Å²) in [4.78, 5) is 10.4. The molecule has 1 aromatic rings. The molecule has 86 valence electrons. The van der Waals surface area contributed by atoms with Gasteiger partial charge in [0.25, 0.3) is 0 Å². The molecule has 0 saturated heterocycles. The molecule has 16 heavy (non-hydrogen) atoms. The Balaban J connectivity index is 3.13. The van der Waals surface area contributed by atoms with Gasteiger partial charge in [-0.3, -0.25) is 0 Å². The number of hydrogen-bond acceptors (Lipinski definition) is 3. The highest BCUT2D eigenvalue weighted by molar-refractivity contribution is 6.50. The third-order valence-corrected chi connectivity index (χ3v) is 2.24. The molecule has 0 fully saturated rings. The van der Waals surface area contributed by atoms with Gasteiger partial charge in [-0.2, -0.15) is 0 Å². The van der Waals surface area contributed by atoms with Crippen LogP contribution in [0.2, 0.25) is 0 Å². The monoisotopic (exact) mass is 242 g/mol. The molecule has 1 aromatic carbocycles. The van der Waals surface area contributed by atoms with Crippen LogP contribution in [0.3, 0.4) is 0 Å². The molecule has 0 aliphatic heterocycles. The van der Waals surface area contributed by atoms with E-state index in [1.54, 1.807) is 18.2 Å². The van der Waals surface area contributed by atoms with E-state index in [2.05, 4.69) is 0 Å². The molecular formula is C11H11ClO4. The Labute approximate surface area is 98.1 Å². The minimum absolute atomic E-state index is 0.133. The Morgan fingerprint density at radius 1 is 1.31 bits per heavy atom. The highest BCUT2D eigenvalue weighted by Gasteiger charge is 2.07. The average Bonchev–Trinajstić information content (AvgIpc) is 2.27. The molecule has 0 spiro atoms. The fourth-order valence-electron chi connectivity index (χ4n) is 1.18. The maximum Gasteiger partial charge on any atom is 0.329 e. The van der Waals surface area contributed by atoms with Crippen LogP contribution in [0, 0.1) is 0 Å². The van der Waals surface area contributed by atoms with Crippen molar-refractivity contribution in [3.8, 4) is 11.5 Å². The Kier molecular flexibility index (Phi) is 4.19. The molecule has 4 nitrogen and oxygen atoms in total. The van der Waals surface area contributed by atoms with Crippen LogP contribution >= 0.6 is 11.6 Å². The summed E-state index contributed by atoms with van der Waals surface area (Å²) in [5, 5.41) is 8.69. The molecule has 0 atom stereocenters. The highest BCUT2D eigenvalue weighted by atomic mass is 35.5. The van der Waals surface area contributed by atoms with Crippen LogP contribution in [0.15, 0.2) is 24.3 Å². The van der Waals surface area contributed by atoms with Crippen molar-refractivity contribution in [1.29, 1.82) is 0 Å². The van der Waals surface area contributed by atoms with E-state index in [9.17, 15) is 4.79 Å². The largest absolute Gasteiger partial charge is 0.493 e. The van der Waals surface area contributed by atoms with Crippen molar-refractivity contribution in [1.82, 2.24) is 0 Å². The average molecular weight is 243 g/mol. The number of carbonyl (C=O) groups is 1. The molecule has 5 heteroatoms. The first-order chi connectivity index (χ1) is 7.58. The number of carboxylic acids is 1. The van der Waals surface area contributed by atoms with Gasteiger partial charge in [0.1, 0.15) is 0 Å². The topological polar surface area (TPSA) is 55.8 Å². The number of carboxylic acid groups (broad SMARTS) is 1.